The zero-order valence-corrected chi connectivity index (χ0v) is 19.2. The summed E-state index contributed by atoms with van der Waals surface area (Å²) in [5.74, 6) is 2.02. The van der Waals surface area contributed by atoms with Crippen molar-refractivity contribution in [3.8, 4) is 17.2 Å². The molecule has 1 heterocycles. The van der Waals surface area contributed by atoms with Gasteiger partial charge in [0.1, 0.15) is 31.0 Å². The number of aryl methyl sites for hydroxylation is 2. The topological polar surface area (TPSA) is 62.2 Å². The van der Waals surface area contributed by atoms with Gasteiger partial charge in [-0.1, -0.05) is 17.3 Å². The van der Waals surface area contributed by atoms with E-state index in [1.54, 1.807) is 0 Å². The van der Waals surface area contributed by atoms with E-state index in [2.05, 4.69) is 15.0 Å². The Bertz CT molecular complexity index is 919. The molecule has 0 saturated carbocycles. The van der Waals surface area contributed by atoms with Crippen molar-refractivity contribution in [2.24, 2.45) is 5.16 Å². The number of halogens is 3. The van der Waals surface area contributed by atoms with E-state index in [9.17, 15) is 13.2 Å². The first-order valence-corrected chi connectivity index (χ1v) is 10.5. The summed E-state index contributed by atoms with van der Waals surface area (Å²) in [5.41, 5.74) is 0.469. The number of allylic oxidation sites excluding steroid dienone is 1. The van der Waals surface area contributed by atoms with Crippen LogP contribution in [0.5, 0.6) is 17.2 Å². The van der Waals surface area contributed by atoms with Crippen LogP contribution in [0.15, 0.2) is 47.8 Å². The van der Waals surface area contributed by atoms with Gasteiger partial charge in [0.05, 0.1) is 25.1 Å². The number of benzene rings is 1. The predicted molar refractivity (Wildman–Crippen MR) is 120 cm³/mol. The zero-order valence-electron chi connectivity index (χ0n) is 19.2. The Kier molecular flexibility index (Phi) is 10.0. The number of rotatable bonds is 12. The lowest BCUT2D eigenvalue weighted by atomic mass is 10.1. The molecule has 9 heteroatoms. The average Bonchev–Trinajstić information content (AvgIpc) is 2.76. The Balaban J connectivity index is 1.77. The number of nitrogens with zero attached hydrogens (tertiary/aromatic N) is 2. The summed E-state index contributed by atoms with van der Waals surface area (Å²) in [7, 11) is 1.05. The molecule has 0 N–H and O–H groups in total. The van der Waals surface area contributed by atoms with E-state index in [0.717, 1.165) is 36.2 Å². The number of aromatic nitrogens is 1. The van der Waals surface area contributed by atoms with Crippen molar-refractivity contribution < 1.29 is 32.2 Å². The Morgan fingerprint density at radius 2 is 1.67 bits per heavy atom. The minimum Gasteiger partial charge on any atom is -0.493 e. The van der Waals surface area contributed by atoms with Crippen LogP contribution in [0.3, 0.4) is 0 Å². The molecule has 0 aliphatic rings. The maximum atomic E-state index is 13.0. The van der Waals surface area contributed by atoms with Crippen LogP contribution >= 0.6 is 0 Å². The SMILES string of the molecule is C/C=C/COc1cc(C)c(OCCCCOc2ccc(/C(=N/OC)C(F)(F)F)nc2)c(C)c1. The molecule has 0 aliphatic heterocycles. The molecule has 0 unspecified atom stereocenters. The van der Waals surface area contributed by atoms with E-state index in [-0.39, 0.29) is 5.69 Å². The second kappa shape index (κ2) is 12.7. The van der Waals surface area contributed by atoms with Crippen molar-refractivity contribution >= 4 is 5.71 Å². The van der Waals surface area contributed by atoms with Crippen LogP contribution in [0.4, 0.5) is 13.2 Å². The van der Waals surface area contributed by atoms with Gasteiger partial charge in [0.25, 0.3) is 0 Å². The summed E-state index contributed by atoms with van der Waals surface area (Å²) >= 11 is 0. The average molecular weight is 467 g/mol. The van der Waals surface area contributed by atoms with Gasteiger partial charge in [-0.25, -0.2) is 0 Å². The Labute approximate surface area is 192 Å². The molecule has 33 heavy (non-hydrogen) atoms. The number of oxime groups is 1. The maximum absolute atomic E-state index is 13.0. The second-order valence-corrected chi connectivity index (χ2v) is 7.17. The summed E-state index contributed by atoms with van der Waals surface area (Å²) < 4.78 is 56.1. The van der Waals surface area contributed by atoms with Gasteiger partial charge in [-0.2, -0.15) is 13.2 Å². The molecule has 6 nitrogen and oxygen atoms in total. The summed E-state index contributed by atoms with van der Waals surface area (Å²) in [6, 6.07) is 6.52. The monoisotopic (exact) mass is 466 g/mol. The van der Waals surface area contributed by atoms with E-state index in [0.29, 0.717) is 32.0 Å². The van der Waals surface area contributed by atoms with Crippen molar-refractivity contribution in [2.45, 2.75) is 39.8 Å². The summed E-state index contributed by atoms with van der Waals surface area (Å²) in [6.07, 6.45) is 1.91. The quantitative estimate of drug-likeness (QED) is 0.171. The standard InChI is InChI=1S/C24H29F3N2O4/c1-5-6-11-32-20-14-17(2)22(18(3)15-20)33-13-8-7-12-31-19-9-10-21(28-16-19)23(29-30-4)24(25,26)27/h5-6,9-10,14-16H,7-8,11-13H2,1-4H3/b6-5+,29-23-. The van der Waals surface area contributed by atoms with Gasteiger partial charge in [-0.05, 0) is 69.0 Å². The Hall–Kier alpha value is -3.23. The van der Waals surface area contributed by atoms with E-state index in [1.807, 2.05) is 45.1 Å². The lowest BCUT2D eigenvalue weighted by molar-refractivity contribution is -0.0609. The molecule has 0 saturated heterocycles. The lowest BCUT2D eigenvalue weighted by Crippen LogP contribution is -2.25. The third-order valence-electron chi connectivity index (χ3n) is 4.50. The van der Waals surface area contributed by atoms with Crippen molar-refractivity contribution in [1.82, 2.24) is 4.98 Å². The van der Waals surface area contributed by atoms with Crippen LogP contribution in [0, 0.1) is 13.8 Å². The molecule has 0 aliphatic carbocycles. The van der Waals surface area contributed by atoms with Gasteiger partial charge in [-0.3, -0.25) is 4.98 Å². The van der Waals surface area contributed by atoms with Crippen LogP contribution in [0.2, 0.25) is 0 Å². The summed E-state index contributed by atoms with van der Waals surface area (Å²) in [5, 5.41) is 3.01. The Morgan fingerprint density at radius 1 is 1.00 bits per heavy atom. The molecule has 2 rings (SSSR count). The first kappa shape index (κ1) is 26.0. The molecule has 0 atom stereocenters. The summed E-state index contributed by atoms with van der Waals surface area (Å²) in [4.78, 5) is 8.04. The first-order valence-electron chi connectivity index (χ1n) is 10.5. The highest BCUT2D eigenvalue weighted by molar-refractivity contribution is 6.02. The molecule has 0 amide bonds. The van der Waals surface area contributed by atoms with Crippen molar-refractivity contribution in [3.63, 3.8) is 0 Å². The third kappa shape index (κ3) is 8.32. The number of hydrogen-bond donors (Lipinski definition) is 0. The first-order chi connectivity index (χ1) is 15.8. The highest BCUT2D eigenvalue weighted by Crippen LogP contribution is 2.29. The molecular weight excluding hydrogens is 437 g/mol. The van der Waals surface area contributed by atoms with E-state index in [1.165, 1.54) is 18.3 Å². The smallest absolute Gasteiger partial charge is 0.438 e. The molecule has 0 fully saturated rings. The normalized spacial score (nSPS) is 12.2. The van der Waals surface area contributed by atoms with Gasteiger partial charge in [-0.15, -0.1) is 0 Å². The van der Waals surface area contributed by atoms with E-state index in [4.69, 9.17) is 14.2 Å². The molecule has 0 bridgehead atoms. The molecule has 1 aromatic carbocycles. The second-order valence-electron chi connectivity index (χ2n) is 7.17. The molecule has 0 radical (unpaired) electrons. The van der Waals surface area contributed by atoms with Crippen molar-refractivity contribution in [2.75, 3.05) is 26.9 Å². The fraction of sp³-hybridized carbons (Fsp3) is 0.417. The molecule has 1 aromatic heterocycles. The van der Waals surface area contributed by atoms with Crippen LogP contribution in [0.1, 0.15) is 36.6 Å². The number of unbranched alkanes of at least 4 members (excludes halogenated alkanes) is 1. The fourth-order valence-electron chi connectivity index (χ4n) is 2.97. The molecule has 0 spiro atoms. The highest BCUT2D eigenvalue weighted by Gasteiger charge is 2.38. The van der Waals surface area contributed by atoms with Gasteiger partial charge in [0, 0.05) is 0 Å². The number of ether oxygens (including phenoxy) is 3. The van der Waals surface area contributed by atoms with Gasteiger partial charge < -0.3 is 19.0 Å². The predicted octanol–water partition coefficient (Wildman–Crippen LogP) is 5.80. The largest absolute Gasteiger partial charge is 0.493 e. The molecule has 180 valence electrons. The number of alkyl halides is 3. The number of hydrogen-bond acceptors (Lipinski definition) is 6. The zero-order chi connectivity index (χ0) is 24.3. The van der Waals surface area contributed by atoms with E-state index < -0.39 is 11.9 Å². The maximum Gasteiger partial charge on any atom is 0.438 e. The van der Waals surface area contributed by atoms with Crippen molar-refractivity contribution in [3.05, 3.63) is 59.4 Å². The fourth-order valence-corrected chi connectivity index (χ4v) is 2.97. The Morgan fingerprint density at radius 3 is 2.21 bits per heavy atom. The summed E-state index contributed by atoms with van der Waals surface area (Å²) in [6.45, 7) is 7.33. The van der Waals surface area contributed by atoms with Gasteiger partial charge >= 0.3 is 6.18 Å². The van der Waals surface area contributed by atoms with Crippen LogP contribution in [0.25, 0.3) is 0 Å². The molecule has 2 aromatic rings. The molecular formula is C24H29F3N2O4. The van der Waals surface area contributed by atoms with Crippen LogP contribution < -0.4 is 14.2 Å². The minimum absolute atomic E-state index is 0.339. The van der Waals surface area contributed by atoms with Gasteiger partial charge in [0.15, 0.2) is 0 Å². The van der Waals surface area contributed by atoms with Gasteiger partial charge in [0.2, 0.25) is 5.71 Å². The highest BCUT2D eigenvalue weighted by atomic mass is 19.4. The van der Waals surface area contributed by atoms with Crippen LogP contribution in [-0.4, -0.2) is 43.8 Å². The van der Waals surface area contributed by atoms with Crippen molar-refractivity contribution in [1.29, 1.82) is 0 Å². The van der Waals surface area contributed by atoms with Crippen LogP contribution in [-0.2, 0) is 4.84 Å². The lowest BCUT2D eigenvalue weighted by Gasteiger charge is -2.14. The number of pyridine rings is 1. The van der Waals surface area contributed by atoms with E-state index >= 15 is 0 Å². The third-order valence-corrected chi connectivity index (χ3v) is 4.50. The minimum atomic E-state index is -4.66.